The number of aryl methyl sites for hydroxylation is 2. The van der Waals surface area contributed by atoms with Gasteiger partial charge in [-0.25, -0.2) is 9.97 Å². The Hall–Kier alpha value is -1.04. The summed E-state index contributed by atoms with van der Waals surface area (Å²) in [7, 11) is 4.33. The molecule has 2 rings (SSSR count). The lowest BCUT2D eigenvalue weighted by Crippen LogP contribution is -2.45. The lowest BCUT2D eigenvalue weighted by Gasteiger charge is -2.37. The second kappa shape index (κ2) is 6.61. The first-order valence-electron chi connectivity index (χ1n) is 7.46. The van der Waals surface area contributed by atoms with Crippen molar-refractivity contribution in [1.29, 1.82) is 0 Å². The van der Waals surface area contributed by atoms with E-state index in [2.05, 4.69) is 50.0 Å². The fourth-order valence-electron chi connectivity index (χ4n) is 2.71. The number of rotatable bonds is 4. The van der Waals surface area contributed by atoms with E-state index >= 15 is 0 Å². The Labute approximate surface area is 122 Å². The van der Waals surface area contributed by atoms with Crippen LogP contribution in [0.5, 0.6) is 0 Å². The molecule has 0 amide bonds. The van der Waals surface area contributed by atoms with Gasteiger partial charge in [-0.1, -0.05) is 6.92 Å². The number of likely N-dealkylation sites (N-methyl/N-ethyl adjacent to an activating group) is 2. The largest absolute Gasteiger partial charge is 0.313 e. The number of hydrogen-bond donors (Lipinski definition) is 1. The van der Waals surface area contributed by atoms with Gasteiger partial charge in [-0.2, -0.15) is 0 Å². The van der Waals surface area contributed by atoms with E-state index in [4.69, 9.17) is 9.97 Å². The second-order valence-corrected chi connectivity index (χ2v) is 5.77. The third kappa shape index (κ3) is 3.34. The monoisotopic (exact) mass is 277 g/mol. The predicted molar refractivity (Wildman–Crippen MR) is 81.8 cm³/mol. The average molecular weight is 277 g/mol. The van der Waals surface area contributed by atoms with Crippen molar-refractivity contribution in [2.45, 2.75) is 33.4 Å². The van der Waals surface area contributed by atoms with Crippen LogP contribution in [0.4, 0.5) is 0 Å². The van der Waals surface area contributed by atoms with Gasteiger partial charge in [-0.15, -0.1) is 0 Å². The zero-order valence-corrected chi connectivity index (χ0v) is 13.4. The fraction of sp³-hybridized carbons (Fsp3) is 0.733. The van der Waals surface area contributed by atoms with E-state index in [1.54, 1.807) is 0 Å². The Balaban J connectivity index is 2.24. The smallest absolute Gasteiger partial charge is 0.147 e. The highest BCUT2D eigenvalue weighted by Crippen LogP contribution is 2.22. The highest BCUT2D eigenvalue weighted by atomic mass is 15.3. The Morgan fingerprint density at radius 2 is 1.80 bits per heavy atom. The second-order valence-electron chi connectivity index (χ2n) is 5.77. The molecule has 5 nitrogen and oxygen atoms in total. The van der Waals surface area contributed by atoms with Gasteiger partial charge in [0, 0.05) is 43.1 Å². The number of hydrogen-bond acceptors (Lipinski definition) is 5. The van der Waals surface area contributed by atoms with E-state index in [1.165, 1.54) is 5.56 Å². The average Bonchev–Trinajstić information content (AvgIpc) is 2.40. The van der Waals surface area contributed by atoms with Gasteiger partial charge in [0.15, 0.2) is 0 Å². The molecule has 20 heavy (non-hydrogen) atoms. The van der Waals surface area contributed by atoms with Crippen molar-refractivity contribution in [3.05, 3.63) is 22.8 Å². The molecule has 0 aliphatic carbocycles. The van der Waals surface area contributed by atoms with Gasteiger partial charge >= 0.3 is 0 Å². The number of nitrogens with zero attached hydrogens (tertiary/aromatic N) is 4. The molecule has 1 unspecified atom stereocenters. The maximum atomic E-state index is 4.78. The lowest BCUT2D eigenvalue weighted by atomic mass is 10.1. The minimum absolute atomic E-state index is 0.305. The molecular weight excluding hydrogens is 250 g/mol. The summed E-state index contributed by atoms with van der Waals surface area (Å²) >= 11 is 0. The molecule has 112 valence electrons. The highest BCUT2D eigenvalue weighted by molar-refractivity contribution is 5.25. The first-order chi connectivity index (χ1) is 9.52. The molecule has 5 heteroatoms. The summed E-state index contributed by atoms with van der Waals surface area (Å²) in [5.41, 5.74) is 3.45. The van der Waals surface area contributed by atoms with Crippen LogP contribution in [0, 0.1) is 13.8 Å². The lowest BCUT2D eigenvalue weighted by molar-refractivity contribution is 0.109. The minimum atomic E-state index is 0.305. The van der Waals surface area contributed by atoms with Crippen LogP contribution in [-0.4, -0.2) is 60.0 Å². The van der Waals surface area contributed by atoms with E-state index in [-0.39, 0.29) is 0 Å². The normalized spacial score (nSPS) is 21.4. The molecule has 1 saturated heterocycles. The minimum Gasteiger partial charge on any atom is -0.313 e. The highest BCUT2D eigenvalue weighted by Gasteiger charge is 2.26. The molecular formula is C15H27N5. The molecule has 0 bridgehead atoms. The maximum absolute atomic E-state index is 4.78. The van der Waals surface area contributed by atoms with Gasteiger partial charge in [0.1, 0.15) is 5.82 Å². The van der Waals surface area contributed by atoms with Crippen LogP contribution in [0.15, 0.2) is 0 Å². The third-order valence-electron chi connectivity index (χ3n) is 4.14. The van der Waals surface area contributed by atoms with Crippen molar-refractivity contribution in [2.24, 2.45) is 0 Å². The van der Waals surface area contributed by atoms with Crippen molar-refractivity contribution in [2.75, 3.05) is 40.3 Å². The van der Waals surface area contributed by atoms with Gasteiger partial charge in [0.2, 0.25) is 0 Å². The molecule has 1 aromatic heterocycles. The first kappa shape index (κ1) is 15.4. The van der Waals surface area contributed by atoms with E-state index < -0.39 is 0 Å². The summed E-state index contributed by atoms with van der Waals surface area (Å²) in [5.74, 6) is 0.967. The van der Waals surface area contributed by atoms with Gasteiger partial charge in [0.25, 0.3) is 0 Å². The fourth-order valence-corrected chi connectivity index (χ4v) is 2.71. The van der Waals surface area contributed by atoms with Crippen LogP contribution < -0.4 is 5.32 Å². The van der Waals surface area contributed by atoms with Crippen LogP contribution in [0.2, 0.25) is 0 Å². The summed E-state index contributed by atoms with van der Waals surface area (Å²) in [4.78, 5) is 14.3. The molecule has 2 heterocycles. The molecule has 0 saturated carbocycles. The number of aromatic nitrogens is 2. The molecule has 0 spiro atoms. The van der Waals surface area contributed by atoms with Crippen molar-refractivity contribution in [3.63, 3.8) is 0 Å². The van der Waals surface area contributed by atoms with Crippen LogP contribution in [-0.2, 0) is 6.54 Å². The Bertz CT molecular complexity index is 437. The molecule has 1 N–H and O–H groups in total. The molecule has 1 fully saturated rings. The molecule has 1 aromatic rings. The SMILES string of the molecule is CCNCc1c(C)nc(C2CN(C)CCN2C)nc1C. The van der Waals surface area contributed by atoms with Crippen molar-refractivity contribution < 1.29 is 0 Å². The zero-order valence-electron chi connectivity index (χ0n) is 13.4. The van der Waals surface area contributed by atoms with E-state index in [9.17, 15) is 0 Å². The van der Waals surface area contributed by atoms with Crippen molar-refractivity contribution >= 4 is 0 Å². The Kier molecular flexibility index (Phi) is 5.07. The van der Waals surface area contributed by atoms with Crippen LogP contribution in [0.1, 0.15) is 35.7 Å². The molecule has 1 aliphatic heterocycles. The van der Waals surface area contributed by atoms with E-state index in [0.29, 0.717) is 6.04 Å². The summed E-state index contributed by atoms with van der Waals surface area (Å²) in [6.45, 7) is 11.3. The topological polar surface area (TPSA) is 44.3 Å². The van der Waals surface area contributed by atoms with Crippen LogP contribution in [0.3, 0.4) is 0 Å². The predicted octanol–water partition coefficient (Wildman–Crippen LogP) is 1.12. The van der Waals surface area contributed by atoms with Gasteiger partial charge < -0.3 is 10.2 Å². The standard InChI is InChI=1S/C15H27N5/c1-6-16-9-13-11(2)17-15(18-12(13)3)14-10-19(4)7-8-20(14)5/h14,16H,6-10H2,1-5H3. The number of piperazine rings is 1. The third-order valence-corrected chi connectivity index (χ3v) is 4.14. The quantitative estimate of drug-likeness (QED) is 0.893. The van der Waals surface area contributed by atoms with Crippen LogP contribution in [0.25, 0.3) is 0 Å². The van der Waals surface area contributed by atoms with Crippen molar-refractivity contribution in [3.8, 4) is 0 Å². The van der Waals surface area contributed by atoms with E-state index in [1.807, 2.05) is 0 Å². The summed E-state index contributed by atoms with van der Waals surface area (Å²) in [5, 5.41) is 3.36. The van der Waals surface area contributed by atoms with Gasteiger partial charge in [-0.3, -0.25) is 4.90 Å². The Morgan fingerprint density at radius 3 is 2.40 bits per heavy atom. The zero-order chi connectivity index (χ0) is 14.7. The van der Waals surface area contributed by atoms with Crippen LogP contribution >= 0.6 is 0 Å². The van der Waals surface area contributed by atoms with Gasteiger partial charge in [-0.05, 0) is 34.5 Å². The molecule has 1 atom stereocenters. The first-order valence-corrected chi connectivity index (χ1v) is 7.46. The summed E-state index contributed by atoms with van der Waals surface area (Å²) in [6.07, 6.45) is 0. The number of nitrogens with one attached hydrogen (secondary N) is 1. The Morgan fingerprint density at radius 1 is 1.15 bits per heavy atom. The molecule has 0 aromatic carbocycles. The maximum Gasteiger partial charge on any atom is 0.147 e. The van der Waals surface area contributed by atoms with E-state index in [0.717, 1.165) is 49.9 Å². The van der Waals surface area contributed by atoms with Crippen molar-refractivity contribution in [1.82, 2.24) is 25.1 Å². The summed E-state index contributed by atoms with van der Waals surface area (Å²) in [6, 6.07) is 0.305. The summed E-state index contributed by atoms with van der Waals surface area (Å²) < 4.78 is 0. The van der Waals surface area contributed by atoms with Gasteiger partial charge in [0.05, 0.1) is 6.04 Å². The molecule has 0 radical (unpaired) electrons. The molecule has 1 aliphatic rings.